The normalized spacial score (nSPS) is 11.2. The summed E-state index contributed by atoms with van der Waals surface area (Å²) in [6.07, 6.45) is 1.79. The first-order valence-electron chi connectivity index (χ1n) is 6.83. The van der Waals surface area contributed by atoms with Crippen LogP contribution in [0.1, 0.15) is 48.0 Å². The lowest BCUT2D eigenvalue weighted by Crippen LogP contribution is -2.20. The Kier molecular flexibility index (Phi) is 6.75. The fourth-order valence-electron chi connectivity index (χ4n) is 2.02. The van der Waals surface area contributed by atoms with Crippen molar-refractivity contribution in [3.63, 3.8) is 0 Å². The Morgan fingerprint density at radius 3 is 2.09 bits per heavy atom. The van der Waals surface area contributed by atoms with E-state index in [0.717, 1.165) is 0 Å². The number of carbonyl (C=O) groups excluding carboxylic acids is 1. The number of hydrazone groups is 1. The van der Waals surface area contributed by atoms with Crippen molar-refractivity contribution < 1.29 is 24.6 Å². The standard InChI is InChI=1S/C15H18N2O5/c16-17-14(10-6-4-5-7-11(10)15(21)22)12(18)8-2-1-3-9-13(19)20/h4-7H,1-3,8-9,16H2,(H,19,20)(H,21,22)/b17-14+. The van der Waals surface area contributed by atoms with Crippen molar-refractivity contribution in [3.05, 3.63) is 35.4 Å². The molecule has 0 saturated carbocycles. The van der Waals surface area contributed by atoms with Crippen LogP contribution in [0, 0.1) is 0 Å². The molecule has 0 radical (unpaired) electrons. The zero-order valence-corrected chi connectivity index (χ0v) is 12.0. The summed E-state index contributed by atoms with van der Waals surface area (Å²) in [5.41, 5.74) is 0.0789. The van der Waals surface area contributed by atoms with Gasteiger partial charge in [-0.1, -0.05) is 24.6 Å². The summed E-state index contributed by atoms with van der Waals surface area (Å²) in [4.78, 5) is 33.7. The smallest absolute Gasteiger partial charge is 0.336 e. The Morgan fingerprint density at radius 1 is 0.955 bits per heavy atom. The summed E-state index contributed by atoms with van der Waals surface area (Å²) in [6, 6.07) is 6.02. The lowest BCUT2D eigenvalue weighted by molar-refractivity contribution is -0.137. The molecule has 1 rings (SSSR count). The van der Waals surface area contributed by atoms with Gasteiger partial charge in [0.05, 0.1) is 5.56 Å². The van der Waals surface area contributed by atoms with Gasteiger partial charge < -0.3 is 16.1 Å². The molecule has 22 heavy (non-hydrogen) atoms. The number of carbonyl (C=O) groups is 3. The third kappa shape index (κ3) is 5.01. The van der Waals surface area contributed by atoms with Crippen molar-refractivity contribution in [2.45, 2.75) is 32.1 Å². The average Bonchev–Trinajstić information content (AvgIpc) is 2.47. The van der Waals surface area contributed by atoms with Crippen molar-refractivity contribution >= 4 is 23.4 Å². The van der Waals surface area contributed by atoms with Crippen LogP contribution in [0.2, 0.25) is 0 Å². The number of nitrogens with two attached hydrogens (primary N) is 1. The molecule has 4 N–H and O–H groups in total. The molecular weight excluding hydrogens is 288 g/mol. The van der Waals surface area contributed by atoms with E-state index in [0.29, 0.717) is 19.3 Å². The average molecular weight is 306 g/mol. The number of benzene rings is 1. The molecule has 7 heteroatoms. The van der Waals surface area contributed by atoms with Crippen LogP contribution in [0.15, 0.2) is 29.4 Å². The van der Waals surface area contributed by atoms with Gasteiger partial charge in [0, 0.05) is 18.4 Å². The number of aromatic carboxylic acids is 1. The maximum Gasteiger partial charge on any atom is 0.336 e. The summed E-state index contributed by atoms with van der Waals surface area (Å²) in [5, 5.41) is 21.1. The van der Waals surface area contributed by atoms with Gasteiger partial charge in [-0.15, -0.1) is 0 Å². The molecule has 1 aromatic rings. The van der Waals surface area contributed by atoms with Crippen LogP contribution in [-0.2, 0) is 9.59 Å². The van der Waals surface area contributed by atoms with Gasteiger partial charge in [0.15, 0.2) is 5.78 Å². The monoisotopic (exact) mass is 306 g/mol. The predicted molar refractivity (Wildman–Crippen MR) is 79.9 cm³/mol. The van der Waals surface area contributed by atoms with Crippen molar-refractivity contribution in [3.8, 4) is 0 Å². The fourth-order valence-corrected chi connectivity index (χ4v) is 2.02. The van der Waals surface area contributed by atoms with E-state index in [1.165, 1.54) is 12.1 Å². The number of Topliss-reactive ketones (excluding diaryl/α,β-unsaturated/α-hetero) is 1. The molecule has 0 atom stereocenters. The number of hydrogen-bond donors (Lipinski definition) is 3. The summed E-state index contributed by atoms with van der Waals surface area (Å²) < 4.78 is 0. The van der Waals surface area contributed by atoms with E-state index in [4.69, 9.17) is 16.1 Å². The number of carboxylic acid groups (broad SMARTS) is 2. The van der Waals surface area contributed by atoms with E-state index in [1.54, 1.807) is 12.1 Å². The molecule has 0 bridgehead atoms. The van der Waals surface area contributed by atoms with Crippen LogP contribution in [0.25, 0.3) is 0 Å². The first-order valence-corrected chi connectivity index (χ1v) is 6.83. The van der Waals surface area contributed by atoms with E-state index in [2.05, 4.69) is 5.10 Å². The second-order valence-corrected chi connectivity index (χ2v) is 4.71. The minimum absolute atomic E-state index is 0.0362. The van der Waals surface area contributed by atoms with Gasteiger partial charge >= 0.3 is 11.9 Å². The van der Waals surface area contributed by atoms with Crippen LogP contribution >= 0.6 is 0 Å². The number of ketones is 1. The molecule has 1 aromatic carbocycles. The molecular formula is C15H18N2O5. The minimum atomic E-state index is -1.16. The molecule has 0 unspecified atom stereocenters. The second-order valence-electron chi connectivity index (χ2n) is 4.71. The van der Waals surface area contributed by atoms with Crippen LogP contribution in [0.4, 0.5) is 0 Å². The van der Waals surface area contributed by atoms with E-state index in [-0.39, 0.29) is 35.5 Å². The first kappa shape index (κ1) is 17.4. The Labute approximate surface area is 127 Å². The van der Waals surface area contributed by atoms with Gasteiger partial charge in [-0.05, 0) is 18.9 Å². The molecule has 7 nitrogen and oxygen atoms in total. The number of hydrogen-bond acceptors (Lipinski definition) is 5. The van der Waals surface area contributed by atoms with Gasteiger partial charge in [0.2, 0.25) is 0 Å². The van der Waals surface area contributed by atoms with Crippen molar-refractivity contribution in [2.75, 3.05) is 0 Å². The number of aliphatic carboxylic acids is 1. The Balaban J connectivity index is 2.71. The first-order chi connectivity index (χ1) is 10.5. The molecule has 0 saturated heterocycles. The highest BCUT2D eigenvalue weighted by Gasteiger charge is 2.19. The van der Waals surface area contributed by atoms with Gasteiger partial charge in [0.1, 0.15) is 5.71 Å². The maximum atomic E-state index is 12.1. The van der Waals surface area contributed by atoms with E-state index < -0.39 is 11.9 Å². The Bertz CT molecular complexity index is 595. The molecule has 0 aromatic heterocycles. The Morgan fingerprint density at radius 2 is 1.55 bits per heavy atom. The van der Waals surface area contributed by atoms with Gasteiger partial charge in [-0.2, -0.15) is 5.10 Å². The lowest BCUT2D eigenvalue weighted by atomic mass is 9.97. The number of rotatable bonds is 9. The van der Waals surface area contributed by atoms with E-state index in [1.807, 2.05) is 0 Å². The van der Waals surface area contributed by atoms with Crippen molar-refractivity contribution in [1.82, 2.24) is 0 Å². The number of nitrogens with zero attached hydrogens (tertiary/aromatic N) is 1. The lowest BCUT2D eigenvalue weighted by Gasteiger charge is -2.07. The van der Waals surface area contributed by atoms with E-state index >= 15 is 0 Å². The summed E-state index contributed by atoms with van der Waals surface area (Å²) in [6.45, 7) is 0. The van der Waals surface area contributed by atoms with Crippen molar-refractivity contribution in [2.24, 2.45) is 10.9 Å². The molecule has 0 fully saturated rings. The van der Waals surface area contributed by atoms with E-state index in [9.17, 15) is 14.4 Å². The molecule has 118 valence electrons. The van der Waals surface area contributed by atoms with Crippen LogP contribution in [0.5, 0.6) is 0 Å². The van der Waals surface area contributed by atoms with Crippen LogP contribution in [-0.4, -0.2) is 33.6 Å². The Hall–Kier alpha value is -2.70. The minimum Gasteiger partial charge on any atom is -0.481 e. The fraction of sp³-hybridized carbons (Fsp3) is 0.333. The van der Waals surface area contributed by atoms with Gasteiger partial charge in [-0.25, -0.2) is 4.79 Å². The van der Waals surface area contributed by atoms with Crippen LogP contribution < -0.4 is 5.84 Å². The number of unbranched alkanes of at least 4 members (excludes halogenated alkanes) is 2. The summed E-state index contributed by atoms with van der Waals surface area (Å²) in [5.74, 6) is 2.86. The summed E-state index contributed by atoms with van der Waals surface area (Å²) in [7, 11) is 0. The molecule has 0 spiro atoms. The highest BCUT2D eigenvalue weighted by Crippen LogP contribution is 2.13. The highest BCUT2D eigenvalue weighted by atomic mass is 16.4. The molecule has 0 heterocycles. The van der Waals surface area contributed by atoms with Crippen molar-refractivity contribution in [1.29, 1.82) is 0 Å². The molecule has 0 aliphatic carbocycles. The maximum absolute atomic E-state index is 12.1. The highest BCUT2D eigenvalue weighted by molar-refractivity contribution is 6.47. The quantitative estimate of drug-likeness (QED) is 0.275. The van der Waals surface area contributed by atoms with Gasteiger partial charge in [0.25, 0.3) is 0 Å². The molecule has 0 amide bonds. The third-order valence-corrected chi connectivity index (χ3v) is 3.10. The topological polar surface area (TPSA) is 130 Å². The third-order valence-electron chi connectivity index (χ3n) is 3.10. The zero-order chi connectivity index (χ0) is 16.5. The molecule has 0 aliphatic heterocycles. The predicted octanol–water partition coefficient (Wildman–Crippen LogP) is 1.65. The van der Waals surface area contributed by atoms with Crippen LogP contribution in [0.3, 0.4) is 0 Å². The largest absolute Gasteiger partial charge is 0.481 e. The summed E-state index contributed by atoms with van der Waals surface area (Å²) >= 11 is 0. The SMILES string of the molecule is N/N=C(/C(=O)CCCCCC(=O)O)c1ccccc1C(=O)O. The molecule has 0 aliphatic rings. The zero-order valence-electron chi connectivity index (χ0n) is 12.0. The second kappa shape index (κ2) is 8.56. The van der Waals surface area contributed by atoms with Gasteiger partial charge in [-0.3, -0.25) is 9.59 Å². The number of carboxylic acids is 2.